The van der Waals surface area contributed by atoms with E-state index in [0.29, 0.717) is 0 Å². The zero-order valence-corrected chi connectivity index (χ0v) is 11.2. The van der Waals surface area contributed by atoms with E-state index in [1.807, 2.05) is 0 Å². The van der Waals surface area contributed by atoms with Crippen molar-refractivity contribution in [3.05, 3.63) is 11.9 Å². The second-order valence-electron chi connectivity index (χ2n) is 3.73. The van der Waals surface area contributed by atoms with Crippen molar-refractivity contribution in [2.24, 2.45) is 0 Å². The third-order valence-corrected chi connectivity index (χ3v) is 3.35. The second-order valence-corrected chi connectivity index (χ2v) is 5.27. The molecule has 0 radical (unpaired) electrons. The Morgan fingerprint density at radius 3 is 2.43 bits per heavy atom. The summed E-state index contributed by atoms with van der Waals surface area (Å²) < 4.78 is 91.2. The number of methoxy groups -OCH3 is 1. The van der Waals surface area contributed by atoms with E-state index in [2.05, 4.69) is 8.92 Å². The Morgan fingerprint density at radius 2 is 1.86 bits per heavy atom. The van der Waals surface area contributed by atoms with Crippen LogP contribution in [0.3, 0.4) is 0 Å². The van der Waals surface area contributed by atoms with Crippen LogP contribution in [0.5, 0.6) is 23.0 Å². The van der Waals surface area contributed by atoms with Crippen molar-refractivity contribution >= 4 is 10.1 Å². The molecule has 1 aliphatic heterocycles. The highest BCUT2D eigenvalue weighted by molar-refractivity contribution is 7.88. The number of benzene rings is 1. The highest BCUT2D eigenvalue weighted by Gasteiger charge is 2.49. The first kappa shape index (κ1) is 15.5. The van der Waals surface area contributed by atoms with Gasteiger partial charge in [0.2, 0.25) is 17.3 Å². The average molecular weight is 332 g/mol. The molecule has 0 fully saturated rings. The molecule has 2 rings (SSSR count). The van der Waals surface area contributed by atoms with Crippen LogP contribution in [0.2, 0.25) is 0 Å². The Hall–Kier alpha value is -1.91. The summed E-state index contributed by atoms with van der Waals surface area (Å²) in [6, 6.07) is 0.971. The maximum atomic E-state index is 14.1. The van der Waals surface area contributed by atoms with Crippen LogP contribution in [-0.2, 0) is 10.1 Å². The molecule has 118 valence electrons. The second kappa shape index (κ2) is 5.13. The van der Waals surface area contributed by atoms with Gasteiger partial charge in [0.15, 0.2) is 11.5 Å². The summed E-state index contributed by atoms with van der Waals surface area (Å²) in [6.45, 7) is 0.0400. The van der Waals surface area contributed by atoms with Crippen molar-refractivity contribution in [1.82, 2.24) is 0 Å². The van der Waals surface area contributed by atoms with Gasteiger partial charge in [-0.15, -0.1) is 0 Å². The Kier molecular flexibility index (Phi) is 3.78. The number of alkyl halides is 3. The van der Waals surface area contributed by atoms with Gasteiger partial charge in [0.1, 0.15) is 13.2 Å². The molecule has 0 saturated carbocycles. The molecular weight excluding hydrogens is 324 g/mol. The number of hydrogen-bond acceptors (Lipinski definition) is 6. The fourth-order valence-electron chi connectivity index (χ4n) is 1.49. The van der Waals surface area contributed by atoms with Gasteiger partial charge in [-0.2, -0.15) is 26.0 Å². The largest absolute Gasteiger partial charge is 0.534 e. The van der Waals surface area contributed by atoms with Gasteiger partial charge in [-0.05, 0) is 0 Å². The summed E-state index contributed by atoms with van der Waals surface area (Å²) in [6.07, 6.45) is 0. The van der Waals surface area contributed by atoms with E-state index in [4.69, 9.17) is 9.47 Å². The zero-order chi connectivity index (χ0) is 15.8. The lowest BCUT2D eigenvalue weighted by atomic mass is 10.2. The van der Waals surface area contributed by atoms with E-state index in [1.165, 1.54) is 0 Å². The van der Waals surface area contributed by atoms with Crippen LogP contribution in [0.25, 0.3) is 0 Å². The summed E-state index contributed by atoms with van der Waals surface area (Å²) >= 11 is 0. The molecule has 0 unspecified atom stereocenters. The fraction of sp³-hybridized carbons (Fsp3) is 0.400. The molecule has 1 heterocycles. The average Bonchev–Trinajstić information content (AvgIpc) is 2.40. The van der Waals surface area contributed by atoms with E-state index in [1.54, 1.807) is 0 Å². The molecule has 6 nitrogen and oxygen atoms in total. The van der Waals surface area contributed by atoms with Crippen LogP contribution < -0.4 is 18.4 Å². The molecular formula is C10H8F4O6S. The van der Waals surface area contributed by atoms with Crippen molar-refractivity contribution in [3.8, 4) is 23.0 Å². The number of halogens is 4. The predicted octanol–water partition coefficient (Wildman–Crippen LogP) is 1.83. The van der Waals surface area contributed by atoms with E-state index in [9.17, 15) is 26.0 Å². The summed E-state index contributed by atoms with van der Waals surface area (Å²) in [5.41, 5.74) is -5.71. The lowest BCUT2D eigenvalue weighted by Crippen LogP contribution is -2.28. The van der Waals surface area contributed by atoms with Crippen molar-refractivity contribution < 1.29 is 44.4 Å². The van der Waals surface area contributed by atoms with Gasteiger partial charge >= 0.3 is 15.6 Å². The number of ether oxygens (including phenoxy) is 3. The molecule has 0 bridgehead atoms. The van der Waals surface area contributed by atoms with E-state index in [-0.39, 0.29) is 19.0 Å². The monoisotopic (exact) mass is 332 g/mol. The Balaban J connectivity index is 2.53. The van der Waals surface area contributed by atoms with Gasteiger partial charge in [-0.25, -0.2) is 0 Å². The molecule has 0 N–H and O–H groups in total. The molecule has 0 aromatic heterocycles. The van der Waals surface area contributed by atoms with Crippen LogP contribution >= 0.6 is 0 Å². The Morgan fingerprint density at radius 1 is 1.24 bits per heavy atom. The van der Waals surface area contributed by atoms with Crippen molar-refractivity contribution in [3.63, 3.8) is 0 Å². The predicted molar refractivity (Wildman–Crippen MR) is 59.5 cm³/mol. The lowest BCUT2D eigenvalue weighted by Gasteiger charge is -2.21. The highest BCUT2D eigenvalue weighted by atomic mass is 32.2. The molecule has 11 heteroatoms. The molecule has 21 heavy (non-hydrogen) atoms. The van der Waals surface area contributed by atoms with Crippen LogP contribution in [0.1, 0.15) is 0 Å². The third-order valence-electron chi connectivity index (χ3n) is 2.39. The third kappa shape index (κ3) is 2.77. The topological polar surface area (TPSA) is 71.1 Å². The smallest absolute Gasteiger partial charge is 0.493 e. The molecule has 0 atom stereocenters. The fourth-order valence-corrected chi connectivity index (χ4v) is 1.96. The van der Waals surface area contributed by atoms with Crippen molar-refractivity contribution in [2.45, 2.75) is 5.51 Å². The van der Waals surface area contributed by atoms with E-state index in [0.717, 1.165) is 13.2 Å². The molecule has 1 aromatic rings. The molecule has 0 saturated heterocycles. The quantitative estimate of drug-likeness (QED) is 0.478. The maximum Gasteiger partial charge on any atom is 0.534 e. The standard InChI is InChI=1S/C10H8F4O6S/c1-17-5-4-6-8(19-3-2-18-6)7(11)9(5)20-21(15,16)10(12,13)14/h4H,2-3H2,1H3. The maximum absolute atomic E-state index is 14.1. The first-order chi connectivity index (χ1) is 9.67. The first-order valence-corrected chi connectivity index (χ1v) is 6.75. The summed E-state index contributed by atoms with van der Waals surface area (Å²) in [5.74, 6) is -3.97. The van der Waals surface area contributed by atoms with E-state index < -0.39 is 38.7 Å². The van der Waals surface area contributed by atoms with Crippen molar-refractivity contribution in [2.75, 3.05) is 20.3 Å². The van der Waals surface area contributed by atoms with Crippen molar-refractivity contribution in [1.29, 1.82) is 0 Å². The van der Waals surface area contributed by atoms with Crippen LogP contribution in [0.4, 0.5) is 17.6 Å². The number of hydrogen-bond donors (Lipinski definition) is 0. The molecule has 1 aromatic carbocycles. The SMILES string of the molecule is COc1cc2c(c(F)c1OS(=O)(=O)C(F)(F)F)OCCO2. The van der Waals surface area contributed by atoms with Gasteiger partial charge in [-0.3, -0.25) is 0 Å². The number of rotatable bonds is 3. The minimum atomic E-state index is -6.05. The zero-order valence-electron chi connectivity index (χ0n) is 10.4. The Bertz CT molecular complexity index is 654. The first-order valence-electron chi connectivity index (χ1n) is 5.34. The van der Waals surface area contributed by atoms with Crippen LogP contribution in [0.15, 0.2) is 6.07 Å². The minimum absolute atomic E-state index is 0.0539. The van der Waals surface area contributed by atoms with Gasteiger partial charge in [0.05, 0.1) is 7.11 Å². The molecule has 1 aliphatic rings. The summed E-state index contributed by atoms with van der Waals surface area (Å²) in [7, 11) is -5.05. The highest BCUT2D eigenvalue weighted by Crippen LogP contribution is 2.45. The van der Waals surface area contributed by atoms with Gasteiger partial charge in [-0.1, -0.05) is 0 Å². The molecule has 0 spiro atoms. The van der Waals surface area contributed by atoms with E-state index >= 15 is 0 Å². The van der Waals surface area contributed by atoms with Gasteiger partial charge in [0.25, 0.3) is 0 Å². The minimum Gasteiger partial charge on any atom is -0.493 e. The number of fused-ring (bicyclic) bond motifs is 1. The molecule has 0 aliphatic carbocycles. The van der Waals surface area contributed by atoms with Gasteiger partial charge < -0.3 is 18.4 Å². The summed E-state index contributed by atoms with van der Waals surface area (Å²) in [4.78, 5) is 0. The summed E-state index contributed by atoms with van der Waals surface area (Å²) in [5, 5.41) is 0. The van der Waals surface area contributed by atoms with Crippen LogP contribution in [0, 0.1) is 5.82 Å². The van der Waals surface area contributed by atoms with Crippen LogP contribution in [-0.4, -0.2) is 34.2 Å². The van der Waals surface area contributed by atoms with Gasteiger partial charge in [0, 0.05) is 6.07 Å². The Labute approximate surface area is 116 Å². The lowest BCUT2D eigenvalue weighted by molar-refractivity contribution is -0.0501. The molecule has 0 amide bonds. The normalized spacial score (nSPS) is 14.7.